The van der Waals surface area contributed by atoms with Crippen molar-refractivity contribution in [1.29, 1.82) is 0 Å². The number of amides is 1. The molecule has 0 bridgehead atoms. The molecule has 0 spiro atoms. The van der Waals surface area contributed by atoms with Crippen LogP contribution in [0.15, 0.2) is 24.3 Å². The van der Waals surface area contributed by atoms with Gasteiger partial charge in [0, 0.05) is 32.7 Å². The van der Waals surface area contributed by atoms with Gasteiger partial charge in [0.25, 0.3) is 0 Å². The van der Waals surface area contributed by atoms with Crippen molar-refractivity contribution in [2.75, 3.05) is 26.4 Å². The lowest BCUT2D eigenvalue weighted by molar-refractivity contribution is -0.124. The molecule has 0 aromatic heterocycles. The number of sulfonamides is 1. The van der Waals surface area contributed by atoms with Crippen molar-refractivity contribution in [2.24, 2.45) is 5.92 Å². The Morgan fingerprint density at radius 3 is 2.75 bits per heavy atom. The maximum atomic E-state index is 13.3. The summed E-state index contributed by atoms with van der Waals surface area (Å²) in [6.07, 6.45) is 1.68. The number of carbonyl (C=O) groups excluding carboxylic acids is 1. The average molecular weight is 355 g/mol. The third-order valence-electron chi connectivity index (χ3n) is 4.87. The van der Waals surface area contributed by atoms with Crippen LogP contribution in [-0.2, 0) is 21.4 Å². The highest BCUT2D eigenvalue weighted by molar-refractivity contribution is 7.88. The highest BCUT2D eigenvalue weighted by Crippen LogP contribution is 2.38. The molecule has 1 amide bonds. The first-order valence-electron chi connectivity index (χ1n) is 7.96. The minimum absolute atomic E-state index is 0.121. The Morgan fingerprint density at radius 2 is 2.12 bits per heavy atom. The summed E-state index contributed by atoms with van der Waals surface area (Å²) in [5.41, 5.74) is 0.865. The Balaban J connectivity index is 1.76. The lowest BCUT2D eigenvalue weighted by Gasteiger charge is -2.27. The number of fused-ring (bicyclic) bond motifs is 1. The maximum absolute atomic E-state index is 13.3. The van der Waals surface area contributed by atoms with Crippen LogP contribution in [0.1, 0.15) is 12.0 Å². The number of likely N-dealkylation sites (N-methyl/N-ethyl adjacent to an activating group) is 1. The van der Waals surface area contributed by atoms with Gasteiger partial charge in [0.05, 0.1) is 6.26 Å². The molecule has 2 aliphatic heterocycles. The Morgan fingerprint density at radius 1 is 1.38 bits per heavy atom. The molecule has 0 unspecified atom stereocenters. The smallest absolute Gasteiger partial charge is 0.238 e. The molecule has 1 N–H and O–H groups in total. The normalized spacial score (nSPS) is 28.0. The first kappa shape index (κ1) is 17.3. The molecule has 8 heteroatoms. The van der Waals surface area contributed by atoms with Crippen molar-refractivity contribution in [3.05, 3.63) is 35.6 Å². The predicted octanol–water partition coefficient (Wildman–Crippen LogP) is 0.406. The number of hydrogen-bond donors (Lipinski definition) is 1. The second-order valence-electron chi connectivity index (χ2n) is 6.61. The summed E-state index contributed by atoms with van der Waals surface area (Å²) in [6.45, 7) is 1.84. The molecular formula is C16H22FN3O3S. The Labute approximate surface area is 141 Å². The number of hydrogen-bond acceptors (Lipinski definition) is 4. The molecule has 3 atom stereocenters. The first-order chi connectivity index (χ1) is 11.3. The van der Waals surface area contributed by atoms with Crippen LogP contribution in [0.3, 0.4) is 0 Å². The van der Waals surface area contributed by atoms with E-state index in [1.807, 2.05) is 6.07 Å². The van der Waals surface area contributed by atoms with Gasteiger partial charge in [-0.05, 0) is 30.0 Å². The third-order valence-corrected chi connectivity index (χ3v) is 6.16. The summed E-state index contributed by atoms with van der Waals surface area (Å²) in [6, 6.07) is 5.61. The number of nitrogens with one attached hydrogen (secondary N) is 1. The van der Waals surface area contributed by atoms with Gasteiger partial charge in [-0.25, -0.2) is 12.8 Å². The molecule has 3 rings (SSSR count). The van der Waals surface area contributed by atoms with Crippen molar-refractivity contribution in [3.63, 3.8) is 0 Å². The van der Waals surface area contributed by atoms with Gasteiger partial charge in [0.2, 0.25) is 15.9 Å². The molecule has 0 saturated carbocycles. The molecule has 1 aromatic rings. The Kier molecular flexibility index (Phi) is 4.63. The van der Waals surface area contributed by atoms with Gasteiger partial charge in [-0.2, -0.15) is 4.31 Å². The van der Waals surface area contributed by atoms with E-state index >= 15 is 0 Å². The van der Waals surface area contributed by atoms with Crippen molar-refractivity contribution < 1.29 is 17.6 Å². The zero-order valence-electron chi connectivity index (χ0n) is 13.8. The van der Waals surface area contributed by atoms with Crippen LogP contribution in [0.25, 0.3) is 0 Å². The molecule has 2 aliphatic rings. The molecule has 132 valence electrons. The van der Waals surface area contributed by atoms with E-state index in [-0.39, 0.29) is 23.7 Å². The molecule has 24 heavy (non-hydrogen) atoms. The van der Waals surface area contributed by atoms with Crippen molar-refractivity contribution >= 4 is 15.9 Å². The van der Waals surface area contributed by atoms with E-state index < -0.39 is 16.1 Å². The van der Waals surface area contributed by atoms with Crippen molar-refractivity contribution in [1.82, 2.24) is 14.5 Å². The molecule has 0 aliphatic carbocycles. The number of benzene rings is 1. The highest BCUT2D eigenvalue weighted by atomic mass is 32.2. The van der Waals surface area contributed by atoms with Crippen molar-refractivity contribution in [3.8, 4) is 0 Å². The minimum Gasteiger partial charge on any atom is -0.358 e. The summed E-state index contributed by atoms with van der Waals surface area (Å²) in [4.78, 5) is 14.2. The van der Waals surface area contributed by atoms with Gasteiger partial charge in [0.1, 0.15) is 11.9 Å². The summed E-state index contributed by atoms with van der Waals surface area (Å²) >= 11 is 0. The fraction of sp³-hybridized carbons (Fsp3) is 0.562. The van der Waals surface area contributed by atoms with Crippen molar-refractivity contribution in [2.45, 2.75) is 25.0 Å². The van der Waals surface area contributed by atoms with Gasteiger partial charge in [0.15, 0.2) is 0 Å². The van der Waals surface area contributed by atoms with E-state index in [9.17, 15) is 17.6 Å². The van der Waals surface area contributed by atoms with Gasteiger partial charge < -0.3 is 5.32 Å². The van der Waals surface area contributed by atoms with Crippen LogP contribution in [0.5, 0.6) is 0 Å². The Hall–Kier alpha value is -1.51. The van der Waals surface area contributed by atoms with Crippen LogP contribution < -0.4 is 5.32 Å². The summed E-state index contributed by atoms with van der Waals surface area (Å²) in [5, 5.41) is 2.56. The topological polar surface area (TPSA) is 69.7 Å². The number of likely N-dealkylation sites (tertiary alicyclic amines) is 1. The van der Waals surface area contributed by atoms with E-state index in [1.165, 1.54) is 23.5 Å². The summed E-state index contributed by atoms with van der Waals surface area (Å²) < 4.78 is 39.1. The van der Waals surface area contributed by atoms with E-state index in [0.29, 0.717) is 26.1 Å². The molecule has 0 radical (unpaired) electrons. The minimum atomic E-state index is -3.48. The second kappa shape index (κ2) is 6.42. The largest absolute Gasteiger partial charge is 0.358 e. The van der Waals surface area contributed by atoms with Crippen LogP contribution in [0, 0.1) is 11.7 Å². The number of rotatable bonds is 4. The maximum Gasteiger partial charge on any atom is 0.238 e. The molecule has 2 saturated heterocycles. The number of nitrogens with zero attached hydrogens (tertiary/aromatic N) is 2. The molecular weight excluding hydrogens is 333 g/mol. The van der Waals surface area contributed by atoms with Crippen LogP contribution in [0.2, 0.25) is 0 Å². The summed E-state index contributed by atoms with van der Waals surface area (Å²) in [7, 11) is -1.96. The zero-order valence-corrected chi connectivity index (χ0v) is 14.6. The monoisotopic (exact) mass is 355 g/mol. The van der Waals surface area contributed by atoms with Crippen LogP contribution in [-0.4, -0.2) is 62.0 Å². The lowest BCUT2D eigenvalue weighted by atomic mass is 10.0. The van der Waals surface area contributed by atoms with E-state index in [1.54, 1.807) is 6.07 Å². The van der Waals surface area contributed by atoms with Crippen LogP contribution >= 0.6 is 0 Å². The van der Waals surface area contributed by atoms with Gasteiger partial charge in [-0.15, -0.1) is 0 Å². The average Bonchev–Trinajstić information content (AvgIpc) is 3.02. The first-order valence-corrected chi connectivity index (χ1v) is 9.81. The van der Waals surface area contributed by atoms with Gasteiger partial charge in [-0.3, -0.25) is 9.69 Å². The van der Waals surface area contributed by atoms with Gasteiger partial charge >= 0.3 is 0 Å². The zero-order chi connectivity index (χ0) is 17.5. The fourth-order valence-electron chi connectivity index (χ4n) is 3.97. The van der Waals surface area contributed by atoms with E-state index in [4.69, 9.17) is 0 Å². The molecule has 1 aromatic carbocycles. The van der Waals surface area contributed by atoms with Gasteiger partial charge in [-0.1, -0.05) is 12.1 Å². The van der Waals surface area contributed by atoms with E-state index in [0.717, 1.165) is 11.8 Å². The Bertz CT molecular complexity index is 740. The number of halogens is 1. The third kappa shape index (κ3) is 3.31. The summed E-state index contributed by atoms with van der Waals surface area (Å²) in [5.74, 6) is -0.411. The predicted molar refractivity (Wildman–Crippen MR) is 88.1 cm³/mol. The quantitative estimate of drug-likeness (QED) is 0.849. The number of carbonyl (C=O) groups is 1. The lowest BCUT2D eigenvalue weighted by Crippen LogP contribution is -2.49. The molecule has 6 nitrogen and oxygen atoms in total. The van der Waals surface area contributed by atoms with Crippen LogP contribution in [0.4, 0.5) is 4.39 Å². The standard InChI is InChI=1S/C16H22FN3O3S/c1-18-16(21)14-7-12-9-19(8-11-4-3-5-13(17)6-11)10-15(12)20(14)24(2,22)23/h3-6,12,14-15H,7-10H2,1-2H3,(H,18,21)/t12-,14-,15+/m0/s1. The second-order valence-corrected chi connectivity index (χ2v) is 8.50. The van der Waals surface area contributed by atoms with E-state index in [2.05, 4.69) is 10.2 Å². The highest BCUT2D eigenvalue weighted by Gasteiger charge is 2.52. The molecule has 2 heterocycles. The molecule has 2 fully saturated rings. The fourth-order valence-corrected chi connectivity index (χ4v) is 5.35. The SMILES string of the molecule is CNC(=O)[C@@H]1C[C@H]2CN(Cc3cccc(F)c3)C[C@H]2N1S(C)(=O)=O.